The fourth-order valence-corrected chi connectivity index (χ4v) is 0.929. The number of nitrogens with one attached hydrogen (secondary N) is 1. The highest BCUT2D eigenvalue weighted by atomic mass is 35.5. The summed E-state index contributed by atoms with van der Waals surface area (Å²) in [6.07, 6.45) is 0. The molecule has 0 heterocycles. The Morgan fingerprint density at radius 1 is 1.50 bits per heavy atom. The van der Waals surface area contributed by atoms with Crippen LogP contribution in [-0.4, -0.2) is 5.84 Å². The van der Waals surface area contributed by atoms with E-state index in [-0.39, 0.29) is 24.1 Å². The number of nitrogen functional groups attached to an aromatic ring is 1. The van der Waals surface area contributed by atoms with Crippen molar-refractivity contribution in [1.82, 2.24) is 0 Å². The number of rotatable bonds is 1. The third-order valence-electron chi connectivity index (χ3n) is 1.48. The fraction of sp³-hybridized carbons (Fsp3) is 0.125. The smallest absolute Gasteiger partial charge is 0.123 e. The largest absolute Gasteiger partial charge is 0.384 e. The quantitative estimate of drug-likeness (QED) is 0.513. The molecule has 0 fully saturated rings. The first-order valence-corrected chi connectivity index (χ1v) is 3.22. The number of halogens is 2. The minimum Gasteiger partial charge on any atom is -0.384 e. The molecule has 0 unspecified atom stereocenters. The highest BCUT2D eigenvalue weighted by molar-refractivity contribution is 5.96. The molecule has 66 valence electrons. The zero-order valence-corrected chi connectivity index (χ0v) is 7.41. The molecule has 0 aliphatic heterocycles. The Balaban J connectivity index is 0.00000121. The topological polar surface area (TPSA) is 49.9 Å². The molecule has 0 aromatic heterocycles. The molecule has 3 N–H and O–H groups in total. The predicted octanol–water partition coefficient (Wildman–Crippen LogP) is 1.84. The van der Waals surface area contributed by atoms with E-state index in [4.69, 9.17) is 11.1 Å². The van der Waals surface area contributed by atoms with Gasteiger partial charge in [-0.15, -0.1) is 12.4 Å². The van der Waals surface area contributed by atoms with Gasteiger partial charge in [0.25, 0.3) is 0 Å². The first-order valence-electron chi connectivity index (χ1n) is 3.22. The molecule has 0 bridgehead atoms. The van der Waals surface area contributed by atoms with Gasteiger partial charge in [0.2, 0.25) is 0 Å². The molecular weight excluding hydrogens is 179 g/mol. The van der Waals surface area contributed by atoms with E-state index in [2.05, 4.69) is 0 Å². The van der Waals surface area contributed by atoms with Crippen molar-refractivity contribution in [2.75, 3.05) is 0 Å². The molecule has 1 aromatic rings. The van der Waals surface area contributed by atoms with E-state index in [0.717, 1.165) is 0 Å². The third-order valence-corrected chi connectivity index (χ3v) is 1.48. The Labute approximate surface area is 76.5 Å². The number of nitrogens with two attached hydrogens (primary N) is 1. The molecule has 4 heteroatoms. The van der Waals surface area contributed by atoms with Gasteiger partial charge in [-0.05, 0) is 30.7 Å². The number of aryl methyl sites for hydroxylation is 1. The zero-order chi connectivity index (χ0) is 8.43. The lowest BCUT2D eigenvalue weighted by molar-refractivity contribution is 0.626. The minimum absolute atomic E-state index is 0. The maximum atomic E-state index is 12.5. The summed E-state index contributed by atoms with van der Waals surface area (Å²) in [5.41, 5.74) is 6.51. The first kappa shape index (κ1) is 10.9. The first-order chi connectivity index (χ1) is 5.11. The number of benzene rings is 1. The maximum absolute atomic E-state index is 12.5. The Hall–Kier alpha value is -1.09. The summed E-state index contributed by atoms with van der Waals surface area (Å²) in [5.74, 6) is -0.324. The second-order valence-electron chi connectivity index (χ2n) is 2.37. The van der Waals surface area contributed by atoms with Crippen LogP contribution in [0, 0.1) is 18.2 Å². The van der Waals surface area contributed by atoms with Crippen molar-refractivity contribution in [1.29, 1.82) is 5.41 Å². The summed E-state index contributed by atoms with van der Waals surface area (Å²) in [6.45, 7) is 1.72. The summed E-state index contributed by atoms with van der Waals surface area (Å²) < 4.78 is 12.5. The second-order valence-corrected chi connectivity index (χ2v) is 2.37. The molecule has 0 radical (unpaired) electrons. The second kappa shape index (κ2) is 4.07. The lowest BCUT2D eigenvalue weighted by Gasteiger charge is -2.01. The van der Waals surface area contributed by atoms with E-state index >= 15 is 0 Å². The Morgan fingerprint density at radius 3 is 2.50 bits per heavy atom. The Morgan fingerprint density at radius 2 is 2.08 bits per heavy atom. The van der Waals surface area contributed by atoms with Gasteiger partial charge in [0.05, 0.1) is 0 Å². The monoisotopic (exact) mass is 188 g/mol. The molecule has 0 saturated heterocycles. The van der Waals surface area contributed by atoms with Crippen LogP contribution in [0.1, 0.15) is 11.1 Å². The molecule has 1 rings (SSSR count). The number of hydrogen-bond donors (Lipinski definition) is 2. The molecule has 0 aliphatic carbocycles. The van der Waals surface area contributed by atoms with Gasteiger partial charge in [0.15, 0.2) is 0 Å². The van der Waals surface area contributed by atoms with Crippen molar-refractivity contribution in [3.63, 3.8) is 0 Å². The summed E-state index contributed by atoms with van der Waals surface area (Å²) in [6, 6.07) is 4.16. The summed E-state index contributed by atoms with van der Waals surface area (Å²) in [5, 5.41) is 7.10. The highest BCUT2D eigenvalue weighted by Gasteiger charge is 2.00. The zero-order valence-electron chi connectivity index (χ0n) is 6.60. The van der Waals surface area contributed by atoms with Gasteiger partial charge < -0.3 is 5.73 Å². The van der Waals surface area contributed by atoms with Crippen LogP contribution in [0.5, 0.6) is 0 Å². The van der Waals surface area contributed by atoms with Crippen molar-refractivity contribution in [2.24, 2.45) is 5.73 Å². The summed E-state index contributed by atoms with van der Waals surface area (Å²) in [4.78, 5) is 0. The van der Waals surface area contributed by atoms with Crippen LogP contribution in [0.2, 0.25) is 0 Å². The van der Waals surface area contributed by atoms with Gasteiger partial charge in [-0.3, -0.25) is 5.41 Å². The molecule has 0 aliphatic rings. The van der Waals surface area contributed by atoms with Crippen molar-refractivity contribution in [3.8, 4) is 0 Å². The van der Waals surface area contributed by atoms with Gasteiger partial charge in [-0.2, -0.15) is 0 Å². The van der Waals surface area contributed by atoms with Gasteiger partial charge >= 0.3 is 0 Å². The van der Waals surface area contributed by atoms with E-state index in [1.807, 2.05) is 0 Å². The average Bonchev–Trinajstić information content (AvgIpc) is 1.85. The molecule has 0 saturated carbocycles. The van der Waals surface area contributed by atoms with Crippen molar-refractivity contribution >= 4 is 18.2 Å². The van der Waals surface area contributed by atoms with Crippen molar-refractivity contribution in [2.45, 2.75) is 6.92 Å². The van der Waals surface area contributed by atoms with Crippen molar-refractivity contribution < 1.29 is 4.39 Å². The van der Waals surface area contributed by atoms with Gasteiger partial charge in [0, 0.05) is 5.56 Å². The predicted molar refractivity (Wildman–Crippen MR) is 49.4 cm³/mol. The Bertz CT molecular complexity index is 299. The number of amidine groups is 1. The fourth-order valence-electron chi connectivity index (χ4n) is 0.929. The standard InChI is InChI=1S/C8H9FN2.ClH/c1-5-4-6(9)2-3-7(5)8(10)11;/h2-4H,1H3,(H3,10,11);1H. The highest BCUT2D eigenvalue weighted by Crippen LogP contribution is 2.08. The van der Waals surface area contributed by atoms with E-state index in [9.17, 15) is 4.39 Å². The molecule has 0 spiro atoms. The van der Waals surface area contributed by atoms with E-state index in [1.165, 1.54) is 18.2 Å². The van der Waals surface area contributed by atoms with Gasteiger partial charge in [-0.25, -0.2) is 4.39 Å². The van der Waals surface area contributed by atoms with Crippen LogP contribution in [0.3, 0.4) is 0 Å². The van der Waals surface area contributed by atoms with Crippen molar-refractivity contribution in [3.05, 3.63) is 35.1 Å². The van der Waals surface area contributed by atoms with E-state index in [0.29, 0.717) is 11.1 Å². The lowest BCUT2D eigenvalue weighted by atomic mass is 10.1. The lowest BCUT2D eigenvalue weighted by Crippen LogP contribution is -2.12. The van der Waals surface area contributed by atoms with Crippen LogP contribution in [0.15, 0.2) is 18.2 Å². The molecule has 12 heavy (non-hydrogen) atoms. The van der Waals surface area contributed by atoms with E-state index < -0.39 is 0 Å². The molecule has 0 amide bonds. The number of hydrogen-bond acceptors (Lipinski definition) is 1. The van der Waals surface area contributed by atoms with Gasteiger partial charge in [-0.1, -0.05) is 0 Å². The van der Waals surface area contributed by atoms with Crippen LogP contribution in [0.25, 0.3) is 0 Å². The van der Waals surface area contributed by atoms with E-state index in [1.54, 1.807) is 6.92 Å². The van der Waals surface area contributed by atoms with Gasteiger partial charge in [0.1, 0.15) is 11.7 Å². The SMILES string of the molecule is Cc1cc(F)ccc1C(=N)N.Cl. The Kier molecular flexibility index (Phi) is 3.70. The maximum Gasteiger partial charge on any atom is 0.123 e. The molecule has 0 atom stereocenters. The normalized spacial score (nSPS) is 8.83. The van der Waals surface area contributed by atoms with Crippen LogP contribution in [-0.2, 0) is 0 Å². The third kappa shape index (κ3) is 2.20. The molecule has 1 aromatic carbocycles. The average molecular weight is 189 g/mol. The van der Waals surface area contributed by atoms with Crippen LogP contribution in [0.4, 0.5) is 4.39 Å². The molecule has 2 nitrogen and oxygen atoms in total. The molecular formula is C8H10ClFN2. The summed E-state index contributed by atoms with van der Waals surface area (Å²) >= 11 is 0. The van der Waals surface area contributed by atoms with Crippen LogP contribution >= 0.6 is 12.4 Å². The minimum atomic E-state index is -0.299. The van der Waals surface area contributed by atoms with Crippen LogP contribution < -0.4 is 5.73 Å². The summed E-state index contributed by atoms with van der Waals surface area (Å²) in [7, 11) is 0.